The van der Waals surface area contributed by atoms with E-state index in [-0.39, 0.29) is 0 Å². The molecule has 0 radical (unpaired) electrons. The Kier molecular flexibility index (Phi) is 2.63. The molecule has 1 aliphatic heterocycles. The molecule has 1 N–H and O–H groups in total. The van der Waals surface area contributed by atoms with Crippen molar-refractivity contribution in [3.63, 3.8) is 0 Å². The molecule has 2 aromatic rings. The summed E-state index contributed by atoms with van der Waals surface area (Å²) < 4.78 is 2.16. The van der Waals surface area contributed by atoms with E-state index in [2.05, 4.69) is 28.4 Å². The maximum atomic E-state index is 6.03. The topological polar surface area (TPSA) is 29.9 Å². The molecule has 92 valence electrons. The lowest BCUT2D eigenvalue weighted by molar-refractivity contribution is 0.804. The third-order valence-corrected chi connectivity index (χ3v) is 3.34. The van der Waals surface area contributed by atoms with E-state index in [4.69, 9.17) is 11.6 Å². The molecule has 0 saturated carbocycles. The van der Waals surface area contributed by atoms with Crippen molar-refractivity contribution in [2.75, 3.05) is 5.32 Å². The van der Waals surface area contributed by atoms with Crippen molar-refractivity contribution in [3.05, 3.63) is 47.5 Å². The molecule has 2 heterocycles. The van der Waals surface area contributed by atoms with Gasteiger partial charge in [-0.1, -0.05) is 25.1 Å². The minimum atomic E-state index is 0.717. The molecule has 3 rings (SSSR count). The van der Waals surface area contributed by atoms with Crippen LogP contribution in [0.1, 0.15) is 24.9 Å². The summed E-state index contributed by atoms with van der Waals surface area (Å²) in [6.07, 6.45) is 3.90. The minimum Gasteiger partial charge on any atom is -0.352 e. The summed E-state index contributed by atoms with van der Waals surface area (Å²) in [4.78, 5) is 4.49. The molecule has 1 aromatic heterocycles. The van der Waals surface area contributed by atoms with Gasteiger partial charge >= 0.3 is 0 Å². The Morgan fingerprint density at radius 3 is 3.06 bits per heavy atom. The van der Waals surface area contributed by atoms with Gasteiger partial charge in [-0.25, -0.2) is 4.98 Å². The fourth-order valence-electron chi connectivity index (χ4n) is 2.30. The number of anilines is 1. The highest BCUT2D eigenvalue weighted by atomic mass is 35.5. The quantitative estimate of drug-likeness (QED) is 0.887. The number of nitrogens with one attached hydrogen (secondary N) is 1. The first-order chi connectivity index (χ1) is 8.70. The number of imidazole rings is 1. The van der Waals surface area contributed by atoms with Crippen LogP contribution in [-0.2, 0) is 6.42 Å². The number of aryl methyl sites for hydroxylation is 1. The molecular weight excluding hydrogens is 246 g/mol. The van der Waals surface area contributed by atoms with Crippen LogP contribution in [0.25, 0.3) is 11.4 Å². The predicted octanol–water partition coefficient (Wildman–Crippen LogP) is 3.87. The molecule has 0 fully saturated rings. The van der Waals surface area contributed by atoms with Crippen LogP contribution in [-0.4, -0.2) is 9.55 Å². The largest absolute Gasteiger partial charge is 0.352 e. The van der Waals surface area contributed by atoms with Gasteiger partial charge in [0.15, 0.2) is 0 Å². The first-order valence-corrected chi connectivity index (χ1v) is 6.41. The molecule has 0 aliphatic carbocycles. The molecule has 1 aliphatic rings. The highest BCUT2D eigenvalue weighted by molar-refractivity contribution is 6.31. The van der Waals surface area contributed by atoms with Crippen LogP contribution < -0.4 is 5.32 Å². The van der Waals surface area contributed by atoms with E-state index in [0.717, 1.165) is 46.5 Å². The van der Waals surface area contributed by atoms with E-state index in [0.29, 0.717) is 0 Å². The van der Waals surface area contributed by atoms with Gasteiger partial charge in [-0.15, -0.1) is 0 Å². The number of fused-ring (bicyclic) bond motifs is 3. The van der Waals surface area contributed by atoms with Crippen molar-refractivity contribution < 1.29 is 0 Å². The second-order valence-electron chi connectivity index (χ2n) is 4.41. The Balaban J connectivity index is 2.23. The van der Waals surface area contributed by atoms with Crippen molar-refractivity contribution in [3.8, 4) is 5.69 Å². The number of nitrogens with zero attached hydrogens (tertiary/aromatic N) is 2. The zero-order valence-corrected chi connectivity index (χ0v) is 11.0. The standard InChI is InChI=1S/C14H14ClN3/c1-3-4-14-16-8-13-9(2)17-11-7-10(15)5-6-12(11)18(13)14/h5-8,17H,2-4H2,1H3. The lowest BCUT2D eigenvalue weighted by Gasteiger charge is -2.24. The molecule has 0 spiro atoms. The number of halogens is 1. The Morgan fingerprint density at radius 1 is 1.44 bits per heavy atom. The smallest absolute Gasteiger partial charge is 0.113 e. The number of hydrogen-bond acceptors (Lipinski definition) is 2. The van der Waals surface area contributed by atoms with Gasteiger partial charge in [0.1, 0.15) is 5.82 Å². The Bertz CT molecular complexity index is 628. The van der Waals surface area contributed by atoms with E-state index in [1.54, 1.807) is 0 Å². The molecule has 0 atom stereocenters. The van der Waals surface area contributed by atoms with Crippen LogP contribution in [0.2, 0.25) is 5.02 Å². The van der Waals surface area contributed by atoms with Gasteiger partial charge in [0.25, 0.3) is 0 Å². The summed E-state index contributed by atoms with van der Waals surface area (Å²) in [6.45, 7) is 6.20. The van der Waals surface area contributed by atoms with Crippen LogP contribution in [0.3, 0.4) is 0 Å². The van der Waals surface area contributed by atoms with E-state index in [1.165, 1.54) is 0 Å². The second-order valence-corrected chi connectivity index (χ2v) is 4.85. The van der Waals surface area contributed by atoms with Crippen molar-refractivity contribution >= 4 is 23.0 Å². The zero-order chi connectivity index (χ0) is 12.7. The van der Waals surface area contributed by atoms with Crippen molar-refractivity contribution in [2.45, 2.75) is 19.8 Å². The van der Waals surface area contributed by atoms with Crippen molar-refractivity contribution in [1.29, 1.82) is 0 Å². The maximum Gasteiger partial charge on any atom is 0.113 e. The average Bonchev–Trinajstić information content (AvgIpc) is 2.74. The third-order valence-electron chi connectivity index (χ3n) is 3.10. The zero-order valence-electron chi connectivity index (χ0n) is 10.2. The van der Waals surface area contributed by atoms with E-state index in [9.17, 15) is 0 Å². The van der Waals surface area contributed by atoms with Gasteiger partial charge in [-0.2, -0.15) is 0 Å². The van der Waals surface area contributed by atoms with Gasteiger partial charge in [0, 0.05) is 11.4 Å². The lowest BCUT2D eigenvalue weighted by atomic mass is 10.1. The Morgan fingerprint density at radius 2 is 2.28 bits per heavy atom. The lowest BCUT2D eigenvalue weighted by Crippen LogP contribution is -2.15. The number of benzene rings is 1. The summed E-state index contributed by atoms with van der Waals surface area (Å²) in [7, 11) is 0. The van der Waals surface area contributed by atoms with Crippen LogP contribution >= 0.6 is 11.6 Å². The molecule has 0 saturated heterocycles. The van der Waals surface area contributed by atoms with Crippen LogP contribution in [0.15, 0.2) is 31.0 Å². The summed E-state index contributed by atoms with van der Waals surface area (Å²) in [5.74, 6) is 1.07. The highest BCUT2D eigenvalue weighted by Gasteiger charge is 2.21. The number of hydrogen-bond donors (Lipinski definition) is 1. The second kappa shape index (κ2) is 4.18. The monoisotopic (exact) mass is 259 g/mol. The first kappa shape index (κ1) is 11.4. The molecule has 1 aromatic carbocycles. The van der Waals surface area contributed by atoms with Gasteiger partial charge in [-0.3, -0.25) is 4.57 Å². The summed E-state index contributed by atoms with van der Waals surface area (Å²) in [5.41, 5.74) is 3.95. The average molecular weight is 260 g/mol. The van der Waals surface area contributed by atoms with Gasteiger partial charge in [0.05, 0.1) is 29.0 Å². The highest BCUT2D eigenvalue weighted by Crippen LogP contribution is 2.34. The SMILES string of the molecule is C=C1Nc2cc(Cl)ccc2-n2c1cnc2CCC. The summed E-state index contributed by atoms with van der Waals surface area (Å²) in [6, 6.07) is 5.83. The Hall–Kier alpha value is -1.74. The maximum absolute atomic E-state index is 6.03. The van der Waals surface area contributed by atoms with Crippen LogP contribution in [0, 0.1) is 0 Å². The fourth-order valence-corrected chi connectivity index (χ4v) is 2.47. The van der Waals surface area contributed by atoms with Crippen molar-refractivity contribution in [1.82, 2.24) is 9.55 Å². The van der Waals surface area contributed by atoms with Gasteiger partial charge < -0.3 is 5.32 Å². The molecule has 0 unspecified atom stereocenters. The first-order valence-electron chi connectivity index (χ1n) is 6.03. The molecule has 0 amide bonds. The van der Waals surface area contributed by atoms with Crippen molar-refractivity contribution in [2.24, 2.45) is 0 Å². The predicted molar refractivity (Wildman–Crippen MR) is 75.2 cm³/mol. The van der Waals surface area contributed by atoms with E-state index < -0.39 is 0 Å². The number of rotatable bonds is 2. The van der Waals surface area contributed by atoms with Gasteiger partial charge in [-0.05, 0) is 24.6 Å². The fraction of sp³-hybridized carbons (Fsp3) is 0.214. The molecule has 4 heteroatoms. The normalized spacial score (nSPS) is 12.9. The van der Waals surface area contributed by atoms with Crippen LogP contribution in [0.5, 0.6) is 0 Å². The molecular formula is C14H14ClN3. The Labute approximate surface area is 111 Å². The van der Waals surface area contributed by atoms with Crippen LogP contribution in [0.4, 0.5) is 5.69 Å². The summed E-state index contributed by atoms with van der Waals surface area (Å²) >= 11 is 6.03. The van der Waals surface area contributed by atoms with E-state index >= 15 is 0 Å². The van der Waals surface area contributed by atoms with E-state index in [1.807, 2.05) is 24.4 Å². The summed E-state index contributed by atoms with van der Waals surface area (Å²) in [5, 5.41) is 3.99. The molecule has 18 heavy (non-hydrogen) atoms. The molecule has 3 nitrogen and oxygen atoms in total. The molecule has 0 bridgehead atoms. The van der Waals surface area contributed by atoms with Gasteiger partial charge in [0.2, 0.25) is 0 Å². The minimum absolute atomic E-state index is 0.717. The third kappa shape index (κ3) is 1.63. The number of aromatic nitrogens is 2.